The van der Waals surface area contributed by atoms with Crippen LogP contribution in [0.1, 0.15) is 27.6 Å². The second kappa shape index (κ2) is 4.84. The number of hydrogen-bond donors (Lipinski definition) is 2. The predicted octanol–water partition coefficient (Wildman–Crippen LogP) is 0.864. The molecule has 0 saturated heterocycles. The minimum absolute atomic E-state index is 0.0518. The lowest BCUT2D eigenvalue weighted by atomic mass is 9.94. The fraction of sp³-hybridized carbons (Fsp3) is 0.273. The number of aliphatic hydroxyl groups is 2. The Bertz CT molecular complexity index is 453. The van der Waals surface area contributed by atoms with Crippen molar-refractivity contribution >= 4 is 6.29 Å². The smallest absolute Gasteiger partial charge is 0.170 e. The third kappa shape index (κ3) is 2.08. The number of rotatable bonds is 3. The Hall–Kier alpha value is -1.77. The molecule has 16 heavy (non-hydrogen) atoms. The second-order valence-corrected chi connectivity index (χ2v) is 3.33. The maximum Gasteiger partial charge on any atom is 0.170 e. The summed E-state index contributed by atoms with van der Waals surface area (Å²) >= 11 is 0. The number of hydrogen-bond acceptors (Lipinski definition) is 4. The molecule has 0 aliphatic rings. The highest BCUT2D eigenvalue weighted by atomic mass is 19.1. The molecule has 0 amide bonds. The highest BCUT2D eigenvalue weighted by molar-refractivity contribution is 5.78. The number of benzene rings is 1. The third-order valence-electron chi connectivity index (χ3n) is 2.30. The van der Waals surface area contributed by atoms with Gasteiger partial charge in [-0.1, -0.05) is 6.07 Å². The molecule has 0 aliphatic carbocycles. The van der Waals surface area contributed by atoms with Crippen LogP contribution in [0.25, 0.3) is 0 Å². The van der Waals surface area contributed by atoms with Gasteiger partial charge in [0.25, 0.3) is 0 Å². The molecule has 0 radical (unpaired) electrons. The van der Waals surface area contributed by atoms with E-state index in [-0.39, 0.29) is 17.4 Å². The predicted molar refractivity (Wildman–Crippen MR) is 53.1 cm³/mol. The number of aliphatic hydroxyl groups excluding tert-OH is 2. The molecule has 2 atom stereocenters. The van der Waals surface area contributed by atoms with E-state index in [4.69, 9.17) is 10.4 Å². The van der Waals surface area contributed by atoms with Gasteiger partial charge in [0.15, 0.2) is 12.4 Å². The summed E-state index contributed by atoms with van der Waals surface area (Å²) in [6.45, 7) is 1.55. The Morgan fingerprint density at radius 2 is 2.12 bits per heavy atom. The fourth-order valence-corrected chi connectivity index (χ4v) is 1.46. The Morgan fingerprint density at radius 1 is 1.50 bits per heavy atom. The molecule has 84 valence electrons. The van der Waals surface area contributed by atoms with E-state index < -0.39 is 18.0 Å². The van der Waals surface area contributed by atoms with Crippen molar-refractivity contribution in [2.45, 2.75) is 19.1 Å². The van der Waals surface area contributed by atoms with Gasteiger partial charge in [0.1, 0.15) is 11.9 Å². The molecule has 0 fully saturated rings. The summed E-state index contributed by atoms with van der Waals surface area (Å²) in [6.07, 6.45) is -3.04. The molecular formula is C11H10FNO3. The zero-order valence-corrected chi connectivity index (χ0v) is 8.51. The summed E-state index contributed by atoms with van der Waals surface area (Å²) < 4.78 is 13.3. The van der Waals surface area contributed by atoms with Crippen molar-refractivity contribution in [2.75, 3.05) is 0 Å². The number of aryl methyl sites for hydroxylation is 1. The molecule has 0 bridgehead atoms. The maximum absolute atomic E-state index is 13.3. The van der Waals surface area contributed by atoms with Gasteiger partial charge in [-0.05, 0) is 18.6 Å². The monoisotopic (exact) mass is 223 g/mol. The molecule has 1 rings (SSSR count). The average Bonchev–Trinajstić information content (AvgIpc) is 2.29. The van der Waals surface area contributed by atoms with Gasteiger partial charge in [-0.25, -0.2) is 4.39 Å². The summed E-state index contributed by atoms with van der Waals surface area (Å²) in [5.74, 6) is -0.792. The minimum Gasteiger partial charge on any atom is -0.385 e. The molecule has 1 aromatic rings. The quantitative estimate of drug-likeness (QED) is 0.588. The van der Waals surface area contributed by atoms with Crippen LogP contribution in [0.3, 0.4) is 0 Å². The topological polar surface area (TPSA) is 81.3 Å². The molecule has 5 heteroatoms. The van der Waals surface area contributed by atoms with Gasteiger partial charge in [-0.15, -0.1) is 0 Å². The van der Waals surface area contributed by atoms with Crippen LogP contribution < -0.4 is 0 Å². The van der Waals surface area contributed by atoms with Gasteiger partial charge in [-0.2, -0.15) is 5.26 Å². The Morgan fingerprint density at radius 3 is 2.62 bits per heavy atom. The van der Waals surface area contributed by atoms with E-state index in [2.05, 4.69) is 0 Å². The maximum atomic E-state index is 13.3. The number of nitriles is 1. The SMILES string of the molecule is Cc1ccc(F)c(C=O)c1C(O)C(O)C#N. The first-order valence-electron chi connectivity index (χ1n) is 4.52. The second-order valence-electron chi connectivity index (χ2n) is 3.33. The third-order valence-corrected chi connectivity index (χ3v) is 2.30. The highest BCUT2D eigenvalue weighted by Crippen LogP contribution is 2.25. The largest absolute Gasteiger partial charge is 0.385 e. The number of aldehydes is 1. The summed E-state index contributed by atoms with van der Waals surface area (Å²) in [5, 5.41) is 27.2. The molecule has 2 unspecified atom stereocenters. The normalized spacial score (nSPS) is 13.9. The molecular weight excluding hydrogens is 213 g/mol. The molecule has 1 aromatic carbocycles. The zero-order chi connectivity index (χ0) is 12.3. The van der Waals surface area contributed by atoms with Crippen molar-refractivity contribution in [2.24, 2.45) is 0 Å². The fourth-order valence-electron chi connectivity index (χ4n) is 1.46. The number of nitrogens with zero attached hydrogens (tertiary/aromatic N) is 1. The van der Waals surface area contributed by atoms with E-state index in [0.717, 1.165) is 6.07 Å². The average molecular weight is 223 g/mol. The van der Waals surface area contributed by atoms with Crippen LogP contribution in [0.2, 0.25) is 0 Å². The van der Waals surface area contributed by atoms with Crippen LogP contribution in [-0.2, 0) is 0 Å². The highest BCUT2D eigenvalue weighted by Gasteiger charge is 2.24. The lowest BCUT2D eigenvalue weighted by molar-refractivity contribution is 0.0515. The van der Waals surface area contributed by atoms with E-state index in [1.54, 1.807) is 6.92 Å². The van der Waals surface area contributed by atoms with Crippen LogP contribution >= 0.6 is 0 Å². The molecule has 4 nitrogen and oxygen atoms in total. The summed E-state index contributed by atoms with van der Waals surface area (Å²) in [4.78, 5) is 10.7. The first kappa shape index (κ1) is 12.3. The van der Waals surface area contributed by atoms with E-state index in [9.17, 15) is 14.3 Å². The minimum atomic E-state index is -1.70. The first-order valence-corrected chi connectivity index (χ1v) is 4.52. The lowest BCUT2D eigenvalue weighted by Gasteiger charge is -2.17. The van der Waals surface area contributed by atoms with Crippen molar-refractivity contribution in [3.05, 3.63) is 34.6 Å². The first-order chi connectivity index (χ1) is 7.52. The van der Waals surface area contributed by atoms with Crippen LogP contribution in [0.15, 0.2) is 12.1 Å². The molecule has 2 N–H and O–H groups in total. The molecule has 0 heterocycles. The van der Waals surface area contributed by atoms with E-state index in [1.165, 1.54) is 12.1 Å². The van der Waals surface area contributed by atoms with Gasteiger partial charge in [-0.3, -0.25) is 4.79 Å². The van der Waals surface area contributed by atoms with Crippen molar-refractivity contribution in [1.29, 1.82) is 5.26 Å². The van der Waals surface area contributed by atoms with Gasteiger partial charge >= 0.3 is 0 Å². The Labute approximate surface area is 91.6 Å². The molecule has 0 aliphatic heterocycles. The van der Waals surface area contributed by atoms with Crippen molar-refractivity contribution in [3.8, 4) is 6.07 Å². The number of halogens is 1. The van der Waals surface area contributed by atoms with Crippen LogP contribution in [-0.4, -0.2) is 22.6 Å². The Kier molecular flexibility index (Phi) is 3.72. The summed E-state index contributed by atoms with van der Waals surface area (Å²) in [7, 11) is 0. The van der Waals surface area contributed by atoms with E-state index in [1.807, 2.05) is 0 Å². The van der Waals surface area contributed by atoms with Gasteiger partial charge in [0.2, 0.25) is 0 Å². The molecule has 0 saturated carbocycles. The summed E-state index contributed by atoms with van der Waals surface area (Å²) in [5.41, 5.74) is 0.0520. The zero-order valence-electron chi connectivity index (χ0n) is 8.51. The van der Waals surface area contributed by atoms with Gasteiger partial charge < -0.3 is 10.2 Å². The van der Waals surface area contributed by atoms with Crippen LogP contribution in [0.5, 0.6) is 0 Å². The number of carbonyl (C=O) groups is 1. The summed E-state index contributed by atoms with van der Waals surface area (Å²) in [6, 6.07) is 3.89. The lowest BCUT2D eigenvalue weighted by Crippen LogP contribution is -2.19. The molecule has 0 aromatic heterocycles. The van der Waals surface area contributed by atoms with Gasteiger partial charge in [0, 0.05) is 5.56 Å². The van der Waals surface area contributed by atoms with Crippen molar-refractivity contribution in [3.63, 3.8) is 0 Å². The van der Waals surface area contributed by atoms with Crippen molar-refractivity contribution in [1.82, 2.24) is 0 Å². The van der Waals surface area contributed by atoms with Crippen molar-refractivity contribution < 1.29 is 19.4 Å². The molecule has 0 spiro atoms. The van der Waals surface area contributed by atoms with Crippen LogP contribution in [0.4, 0.5) is 4.39 Å². The van der Waals surface area contributed by atoms with Gasteiger partial charge in [0.05, 0.1) is 11.6 Å². The Balaban J connectivity index is 3.37. The van der Waals surface area contributed by atoms with Crippen LogP contribution in [0, 0.1) is 24.1 Å². The van der Waals surface area contributed by atoms with E-state index in [0.29, 0.717) is 5.56 Å². The number of carbonyl (C=O) groups excluding carboxylic acids is 1. The standard InChI is InChI=1S/C11H10FNO3/c1-6-2-3-8(12)7(5-14)10(6)11(16)9(15)4-13/h2-3,5,9,11,15-16H,1H3. The van der Waals surface area contributed by atoms with E-state index >= 15 is 0 Å².